The Kier molecular flexibility index (Phi) is 4.59. The third-order valence-corrected chi connectivity index (χ3v) is 3.30. The predicted molar refractivity (Wildman–Crippen MR) is 73.7 cm³/mol. The molecule has 1 atom stereocenters. The summed E-state index contributed by atoms with van der Waals surface area (Å²) in [5.41, 5.74) is 0.844. The van der Waals surface area contributed by atoms with Crippen LogP contribution in [-0.4, -0.2) is 37.6 Å². The fourth-order valence-corrected chi connectivity index (χ4v) is 2.29. The summed E-state index contributed by atoms with van der Waals surface area (Å²) < 4.78 is 0. The Labute approximate surface area is 108 Å². The summed E-state index contributed by atoms with van der Waals surface area (Å²) in [5.74, 6) is 0.574. The zero-order valence-corrected chi connectivity index (χ0v) is 10.9. The SMILES string of the molecule is CN(CC1CCCNC1)C(=O)Nc1ccccc1. The van der Waals surface area contributed by atoms with E-state index in [1.165, 1.54) is 12.8 Å². The number of anilines is 1. The number of nitrogens with zero attached hydrogens (tertiary/aromatic N) is 1. The van der Waals surface area contributed by atoms with E-state index in [1.54, 1.807) is 4.90 Å². The van der Waals surface area contributed by atoms with E-state index in [0.29, 0.717) is 5.92 Å². The number of urea groups is 1. The number of hydrogen-bond donors (Lipinski definition) is 2. The van der Waals surface area contributed by atoms with Gasteiger partial charge in [0.05, 0.1) is 0 Å². The number of carbonyl (C=O) groups excluding carboxylic acids is 1. The van der Waals surface area contributed by atoms with Gasteiger partial charge in [-0.25, -0.2) is 4.79 Å². The maximum absolute atomic E-state index is 12.0. The van der Waals surface area contributed by atoms with E-state index in [2.05, 4.69) is 10.6 Å². The quantitative estimate of drug-likeness (QED) is 0.859. The highest BCUT2D eigenvalue weighted by molar-refractivity contribution is 5.89. The molecule has 4 nitrogen and oxygen atoms in total. The fourth-order valence-electron chi connectivity index (χ4n) is 2.29. The minimum atomic E-state index is -0.0354. The first-order chi connectivity index (χ1) is 8.75. The number of hydrogen-bond acceptors (Lipinski definition) is 2. The second kappa shape index (κ2) is 6.40. The van der Waals surface area contributed by atoms with Gasteiger partial charge in [0.1, 0.15) is 0 Å². The molecule has 0 spiro atoms. The van der Waals surface area contributed by atoms with Crippen LogP contribution in [0.15, 0.2) is 30.3 Å². The minimum Gasteiger partial charge on any atom is -0.327 e. The van der Waals surface area contributed by atoms with Crippen molar-refractivity contribution >= 4 is 11.7 Å². The normalized spacial score (nSPS) is 19.3. The number of rotatable bonds is 3. The highest BCUT2D eigenvalue weighted by Crippen LogP contribution is 2.12. The van der Waals surface area contributed by atoms with E-state index in [9.17, 15) is 4.79 Å². The summed E-state index contributed by atoms with van der Waals surface area (Å²) >= 11 is 0. The lowest BCUT2D eigenvalue weighted by molar-refractivity contribution is 0.207. The molecule has 1 heterocycles. The number of amides is 2. The van der Waals surface area contributed by atoms with Gasteiger partial charge in [0.2, 0.25) is 0 Å². The van der Waals surface area contributed by atoms with E-state index in [0.717, 1.165) is 25.3 Å². The first kappa shape index (κ1) is 12.9. The third kappa shape index (κ3) is 3.74. The Hall–Kier alpha value is -1.55. The van der Waals surface area contributed by atoms with Gasteiger partial charge >= 0.3 is 6.03 Å². The van der Waals surface area contributed by atoms with Crippen molar-refractivity contribution in [2.45, 2.75) is 12.8 Å². The Morgan fingerprint density at radius 3 is 2.89 bits per heavy atom. The summed E-state index contributed by atoms with van der Waals surface area (Å²) in [6.45, 7) is 2.94. The van der Waals surface area contributed by atoms with E-state index in [-0.39, 0.29) is 6.03 Å². The van der Waals surface area contributed by atoms with Crippen LogP contribution in [0.2, 0.25) is 0 Å². The van der Waals surface area contributed by atoms with Crippen LogP contribution in [-0.2, 0) is 0 Å². The highest BCUT2D eigenvalue weighted by Gasteiger charge is 2.17. The first-order valence-corrected chi connectivity index (χ1v) is 6.53. The standard InChI is InChI=1S/C14H21N3O/c1-17(11-12-6-5-9-15-10-12)14(18)16-13-7-3-2-4-8-13/h2-4,7-8,12,15H,5-6,9-11H2,1H3,(H,16,18). The third-order valence-electron chi connectivity index (χ3n) is 3.30. The van der Waals surface area contributed by atoms with Gasteiger partial charge in [-0.05, 0) is 44.0 Å². The van der Waals surface area contributed by atoms with Gasteiger partial charge in [0.15, 0.2) is 0 Å². The van der Waals surface area contributed by atoms with E-state index in [1.807, 2.05) is 37.4 Å². The smallest absolute Gasteiger partial charge is 0.321 e. The molecular formula is C14H21N3O. The molecule has 1 unspecified atom stereocenters. The Bertz CT molecular complexity index is 374. The number of benzene rings is 1. The Morgan fingerprint density at radius 2 is 2.22 bits per heavy atom. The maximum atomic E-state index is 12.0. The van der Waals surface area contributed by atoms with Gasteiger partial charge in [-0.3, -0.25) is 0 Å². The molecule has 1 aromatic carbocycles. The number of carbonyl (C=O) groups is 1. The lowest BCUT2D eigenvalue weighted by Crippen LogP contribution is -2.40. The molecule has 2 N–H and O–H groups in total. The molecule has 98 valence electrons. The van der Waals surface area contributed by atoms with Gasteiger partial charge < -0.3 is 15.5 Å². The van der Waals surface area contributed by atoms with Crippen molar-refractivity contribution in [1.82, 2.24) is 10.2 Å². The Morgan fingerprint density at radius 1 is 1.44 bits per heavy atom. The fraction of sp³-hybridized carbons (Fsp3) is 0.500. The van der Waals surface area contributed by atoms with E-state index >= 15 is 0 Å². The van der Waals surface area contributed by atoms with Gasteiger partial charge in [0.25, 0.3) is 0 Å². The molecule has 0 aromatic heterocycles. The molecule has 1 saturated heterocycles. The molecule has 0 saturated carbocycles. The highest BCUT2D eigenvalue weighted by atomic mass is 16.2. The van der Waals surface area contributed by atoms with Crippen LogP contribution in [0, 0.1) is 5.92 Å². The van der Waals surface area contributed by atoms with Gasteiger partial charge in [0, 0.05) is 19.3 Å². The van der Waals surface area contributed by atoms with Crippen LogP contribution in [0.1, 0.15) is 12.8 Å². The molecule has 0 bridgehead atoms. The summed E-state index contributed by atoms with van der Waals surface area (Å²) in [5, 5.41) is 6.27. The number of para-hydroxylation sites is 1. The molecule has 4 heteroatoms. The molecule has 1 fully saturated rings. The topological polar surface area (TPSA) is 44.4 Å². The van der Waals surface area contributed by atoms with Gasteiger partial charge in [-0.15, -0.1) is 0 Å². The molecule has 18 heavy (non-hydrogen) atoms. The second-order valence-electron chi connectivity index (χ2n) is 4.89. The average Bonchev–Trinajstić information content (AvgIpc) is 2.41. The molecular weight excluding hydrogens is 226 g/mol. The van der Waals surface area contributed by atoms with Crippen LogP contribution in [0.25, 0.3) is 0 Å². The van der Waals surface area contributed by atoms with E-state index < -0.39 is 0 Å². The molecule has 1 aromatic rings. The average molecular weight is 247 g/mol. The lowest BCUT2D eigenvalue weighted by Gasteiger charge is -2.27. The number of piperidine rings is 1. The molecule has 1 aliphatic rings. The molecule has 2 rings (SSSR count). The van der Waals surface area contributed by atoms with Crippen molar-refractivity contribution in [3.05, 3.63) is 30.3 Å². The molecule has 2 amide bonds. The van der Waals surface area contributed by atoms with Crippen molar-refractivity contribution in [2.75, 3.05) is 32.0 Å². The Balaban J connectivity index is 1.81. The van der Waals surface area contributed by atoms with Crippen molar-refractivity contribution in [3.8, 4) is 0 Å². The van der Waals surface area contributed by atoms with Crippen molar-refractivity contribution in [3.63, 3.8) is 0 Å². The van der Waals surface area contributed by atoms with Crippen LogP contribution in [0.5, 0.6) is 0 Å². The van der Waals surface area contributed by atoms with Crippen LogP contribution >= 0.6 is 0 Å². The first-order valence-electron chi connectivity index (χ1n) is 6.53. The molecule has 0 aliphatic carbocycles. The number of nitrogens with one attached hydrogen (secondary N) is 2. The van der Waals surface area contributed by atoms with Gasteiger partial charge in [-0.2, -0.15) is 0 Å². The van der Waals surface area contributed by atoms with Gasteiger partial charge in [-0.1, -0.05) is 18.2 Å². The van der Waals surface area contributed by atoms with Crippen LogP contribution in [0.3, 0.4) is 0 Å². The van der Waals surface area contributed by atoms with Crippen molar-refractivity contribution in [2.24, 2.45) is 5.92 Å². The van der Waals surface area contributed by atoms with Crippen LogP contribution < -0.4 is 10.6 Å². The summed E-state index contributed by atoms with van der Waals surface area (Å²) in [6, 6.07) is 9.53. The molecule has 0 radical (unpaired) electrons. The summed E-state index contributed by atoms with van der Waals surface area (Å²) in [4.78, 5) is 13.7. The lowest BCUT2D eigenvalue weighted by atomic mass is 9.99. The van der Waals surface area contributed by atoms with Crippen molar-refractivity contribution in [1.29, 1.82) is 0 Å². The largest absolute Gasteiger partial charge is 0.327 e. The zero-order valence-electron chi connectivity index (χ0n) is 10.9. The monoisotopic (exact) mass is 247 g/mol. The van der Waals surface area contributed by atoms with Crippen LogP contribution in [0.4, 0.5) is 10.5 Å². The maximum Gasteiger partial charge on any atom is 0.321 e. The summed E-state index contributed by atoms with van der Waals surface area (Å²) in [6.07, 6.45) is 2.41. The van der Waals surface area contributed by atoms with Crippen molar-refractivity contribution < 1.29 is 4.79 Å². The molecule has 1 aliphatic heterocycles. The summed E-state index contributed by atoms with van der Waals surface area (Å²) in [7, 11) is 1.85. The second-order valence-corrected chi connectivity index (χ2v) is 4.89. The van der Waals surface area contributed by atoms with E-state index in [4.69, 9.17) is 0 Å². The minimum absolute atomic E-state index is 0.0354. The zero-order chi connectivity index (χ0) is 12.8. The predicted octanol–water partition coefficient (Wildman–Crippen LogP) is 2.15.